The lowest BCUT2D eigenvalue weighted by Crippen LogP contribution is -2.74. The van der Waals surface area contributed by atoms with Crippen LogP contribution in [0.25, 0.3) is 0 Å². The summed E-state index contributed by atoms with van der Waals surface area (Å²) in [6.45, 7) is 5.90. The zero-order valence-electron chi connectivity index (χ0n) is 10.6. The van der Waals surface area contributed by atoms with Crippen LogP contribution in [0.1, 0.15) is 40.0 Å². The molecule has 3 saturated carbocycles. The van der Waals surface area contributed by atoms with E-state index in [1.807, 2.05) is 0 Å². The van der Waals surface area contributed by atoms with Crippen LogP contribution >= 0.6 is 0 Å². The molecule has 3 fully saturated rings. The van der Waals surface area contributed by atoms with Crippen molar-refractivity contribution >= 4 is 15.4 Å². The SMILES string of the molecule is CC1(O)CCC2CC1(O)C2(C)C.O[B]O[B]O. The van der Waals surface area contributed by atoms with E-state index in [-0.39, 0.29) is 5.41 Å². The average Bonchev–Trinajstić information content (AvgIpc) is 2.23. The molecule has 3 unspecified atom stereocenters. The Kier molecular flexibility index (Phi) is 4.32. The Bertz CT molecular complexity index is 259. The normalized spacial score (nSPS) is 41.7. The Morgan fingerprint density at radius 1 is 1.12 bits per heavy atom. The minimum absolute atomic E-state index is 0.0885. The average molecular weight is 242 g/mol. The Morgan fingerprint density at radius 2 is 1.65 bits per heavy atom. The largest absolute Gasteiger partial charge is 0.469 e. The highest BCUT2D eigenvalue weighted by Gasteiger charge is 2.69. The van der Waals surface area contributed by atoms with E-state index in [9.17, 15) is 10.2 Å². The third-order valence-electron chi connectivity index (χ3n) is 4.62. The summed E-state index contributed by atoms with van der Waals surface area (Å²) in [5.41, 5.74) is -1.79. The van der Waals surface area contributed by atoms with Crippen LogP contribution in [0, 0.1) is 11.3 Å². The Morgan fingerprint density at radius 3 is 1.88 bits per heavy atom. The molecule has 5 nitrogen and oxygen atoms in total. The van der Waals surface area contributed by atoms with E-state index in [4.69, 9.17) is 10.0 Å². The van der Waals surface area contributed by atoms with E-state index in [1.54, 1.807) is 6.92 Å². The Balaban J connectivity index is 0.000000249. The van der Waals surface area contributed by atoms with E-state index in [0.29, 0.717) is 21.3 Å². The monoisotopic (exact) mass is 242 g/mol. The zero-order chi connectivity index (χ0) is 13.3. The van der Waals surface area contributed by atoms with Gasteiger partial charge in [0, 0.05) is 0 Å². The molecule has 4 N–H and O–H groups in total. The van der Waals surface area contributed by atoms with Crippen molar-refractivity contribution in [3.63, 3.8) is 0 Å². The van der Waals surface area contributed by atoms with Crippen LogP contribution in [-0.2, 0) is 4.57 Å². The van der Waals surface area contributed by atoms with Crippen molar-refractivity contribution < 1.29 is 24.8 Å². The molecule has 3 aliphatic rings. The van der Waals surface area contributed by atoms with Gasteiger partial charge in [0.15, 0.2) is 0 Å². The maximum absolute atomic E-state index is 10.2. The first-order valence-corrected chi connectivity index (χ1v) is 5.75. The highest BCUT2D eigenvalue weighted by molar-refractivity contribution is 6.32. The van der Waals surface area contributed by atoms with Crippen molar-refractivity contribution in [2.45, 2.75) is 51.2 Å². The van der Waals surface area contributed by atoms with Crippen LogP contribution < -0.4 is 0 Å². The van der Waals surface area contributed by atoms with Crippen LogP contribution in [0.5, 0.6) is 0 Å². The highest BCUT2D eigenvalue weighted by Crippen LogP contribution is 2.65. The van der Waals surface area contributed by atoms with Gasteiger partial charge in [-0.15, -0.1) is 0 Å². The Labute approximate surface area is 103 Å². The number of rotatable bonds is 2. The quantitative estimate of drug-likeness (QED) is 0.484. The van der Waals surface area contributed by atoms with Gasteiger partial charge >= 0.3 is 15.4 Å². The number of aliphatic hydroxyl groups is 2. The van der Waals surface area contributed by atoms with E-state index in [1.165, 1.54) is 0 Å². The molecule has 0 aromatic rings. The molecule has 3 aliphatic carbocycles. The molecule has 0 heterocycles. The van der Waals surface area contributed by atoms with Gasteiger partial charge < -0.3 is 24.8 Å². The summed E-state index contributed by atoms with van der Waals surface area (Å²) >= 11 is 0. The summed E-state index contributed by atoms with van der Waals surface area (Å²) in [4.78, 5) is 0. The van der Waals surface area contributed by atoms with Crippen LogP contribution in [0.2, 0.25) is 0 Å². The maximum atomic E-state index is 10.2. The highest BCUT2D eigenvalue weighted by atomic mass is 16.5. The van der Waals surface area contributed by atoms with Gasteiger partial charge in [-0.3, -0.25) is 0 Å². The van der Waals surface area contributed by atoms with E-state index in [2.05, 4.69) is 18.4 Å². The Hall–Kier alpha value is -0.0701. The first-order valence-electron chi connectivity index (χ1n) is 5.75. The van der Waals surface area contributed by atoms with Crippen molar-refractivity contribution in [3.8, 4) is 0 Å². The van der Waals surface area contributed by atoms with Crippen LogP contribution in [0.3, 0.4) is 0 Å². The molecule has 0 aliphatic heterocycles. The molecular weight excluding hydrogens is 222 g/mol. The minimum Gasteiger partial charge on any atom is -0.456 e. The van der Waals surface area contributed by atoms with Gasteiger partial charge in [0.2, 0.25) is 0 Å². The number of hydrogen-bond donors (Lipinski definition) is 4. The molecule has 0 aromatic carbocycles. The lowest BCUT2D eigenvalue weighted by molar-refractivity contribution is -0.312. The van der Waals surface area contributed by atoms with Crippen molar-refractivity contribution in [1.29, 1.82) is 0 Å². The predicted octanol–water partition coefficient (Wildman–Crippen LogP) is -0.636. The third-order valence-corrected chi connectivity index (χ3v) is 4.62. The number of fused-ring (bicyclic) bond motifs is 2. The lowest BCUT2D eigenvalue weighted by Gasteiger charge is -2.68. The zero-order valence-corrected chi connectivity index (χ0v) is 10.6. The summed E-state index contributed by atoms with van der Waals surface area (Å²) in [6, 6.07) is 0. The van der Waals surface area contributed by atoms with E-state index < -0.39 is 11.2 Å². The molecule has 0 saturated heterocycles. The molecule has 3 atom stereocenters. The first kappa shape index (κ1) is 15.0. The topological polar surface area (TPSA) is 90.2 Å². The van der Waals surface area contributed by atoms with Crippen LogP contribution in [0.4, 0.5) is 0 Å². The fourth-order valence-corrected chi connectivity index (χ4v) is 3.15. The molecule has 0 spiro atoms. The molecule has 0 aromatic heterocycles. The summed E-state index contributed by atoms with van der Waals surface area (Å²) in [5, 5.41) is 35.3. The van der Waals surface area contributed by atoms with Gasteiger partial charge in [0.05, 0.1) is 11.2 Å². The first-order chi connectivity index (χ1) is 7.73. The molecule has 7 heteroatoms. The van der Waals surface area contributed by atoms with Gasteiger partial charge in [-0.25, -0.2) is 0 Å². The van der Waals surface area contributed by atoms with Crippen molar-refractivity contribution in [2.24, 2.45) is 11.3 Å². The standard InChI is InChI=1S/C10H18O2.B2H2O3/c1-8(2)7-4-5-9(3,11)10(8,12)6-7;3-1-5-2-4/h7,11-12H,4-6H2,1-3H3;3-4H. The van der Waals surface area contributed by atoms with Gasteiger partial charge in [-0.05, 0) is 37.5 Å². The second-order valence-electron chi connectivity index (χ2n) is 5.64. The second kappa shape index (κ2) is 4.90. The maximum Gasteiger partial charge on any atom is 0.469 e. The third kappa shape index (κ3) is 2.27. The van der Waals surface area contributed by atoms with Gasteiger partial charge in [-0.1, -0.05) is 13.8 Å². The molecule has 0 amide bonds. The summed E-state index contributed by atoms with van der Waals surface area (Å²) < 4.78 is 3.69. The molecule has 2 bridgehead atoms. The lowest BCUT2D eigenvalue weighted by atomic mass is 9.41. The minimum atomic E-state index is -0.870. The molecule has 3 rings (SSSR count). The summed E-state index contributed by atoms with van der Waals surface area (Å²) in [5.74, 6) is 0.614. The van der Waals surface area contributed by atoms with Crippen molar-refractivity contribution in [3.05, 3.63) is 0 Å². The second-order valence-corrected chi connectivity index (χ2v) is 5.64. The van der Waals surface area contributed by atoms with Crippen molar-refractivity contribution in [1.82, 2.24) is 0 Å². The van der Waals surface area contributed by atoms with Gasteiger partial charge in [0.25, 0.3) is 0 Å². The van der Waals surface area contributed by atoms with Crippen LogP contribution in [0.15, 0.2) is 0 Å². The fraction of sp³-hybridized carbons (Fsp3) is 1.00. The fourth-order valence-electron chi connectivity index (χ4n) is 3.15. The van der Waals surface area contributed by atoms with Gasteiger partial charge in [-0.2, -0.15) is 0 Å². The van der Waals surface area contributed by atoms with E-state index in [0.717, 1.165) is 19.3 Å². The predicted molar refractivity (Wildman–Crippen MR) is 63.7 cm³/mol. The molecule has 17 heavy (non-hydrogen) atoms. The number of hydrogen-bond acceptors (Lipinski definition) is 5. The van der Waals surface area contributed by atoms with Crippen molar-refractivity contribution in [2.75, 3.05) is 0 Å². The molecule has 2 radical (unpaired) electrons. The summed E-state index contributed by atoms with van der Waals surface area (Å²) in [6.07, 6.45) is 2.59. The summed E-state index contributed by atoms with van der Waals surface area (Å²) in [7, 11) is 0.750. The molecular formula is C10H20B2O5. The van der Waals surface area contributed by atoms with E-state index >= 15 is 0 Å². The smallest absolute Gasteiger partial charge is 0.456 e. The van der Waals surface area contributed by atoms with Gasteiger partial charge in [0.1, 0.15) is 0 Å². The molecule has 96 valence electrons. The van der Waals surface area contributed by atoms with Crippen LogP contribution in [-0.4, -0.2) is 46.8 Å².